The van der Waals surface area contributed by atoms with Crippen molar-refractivity contribution in [1.82, 2.24) is 0 Å². The fourth-order valence-corrected chi connectivity index (χ4v) is 1.27. The van der Waals surface area contributed by atoms with Crippen molar-refractivity contribution in [2.45, 2.75) is 6.18 Å². The second kappa shape index (κ2) is 5.35. The lowest BCUT2D eigenvalue weighted by Crippen LogP contribution is -2.07. The van der Waals surface area contributed by atoms with Gasteiger partial charge in [-0.05, 0) is 12.1 Å². The zero-order valence-electron chi connectivity index (χ0n) is 8.33. The number of nitrogens with zero attached hydrogens (tertiary/aromatic N) is 1. The molecule has 4 nitrogen and oxygen atoms in total. The summed E-state index contributed by atoms with van der Waals surface area (Å²) in [7, 11) is 0. The van der Waals surface area contributed by atoms with Gasteiger partial charge in [0.25, 0.3) is 0 Å². The van der Waals surface area contributed by atoms with E-state index in [1.165, 1.54) is 0 Å². The second-order valence-corrected chi connectivity index (χ2v) is 3.77. The normalized spacial score (nSPS) is 11.3. The molecule has 17 heavy (non-hydrogen) atoms. The van der Waals surface area contributed by atoms with E-state index in [0.717, 1.165) is 12.1 Å². The van der Waals surface area contributed by atoms with E-state index in [1.54, 1.807) is 0 Å². The molecule has 8 heteroatoms. The van der Waals surface area contributed by atoms with E-state index in [9.17, 15) is 23.3 Å². The Kier molecular flexibility index (Phi) is 4.33. The number of nitro groups is 1. The van der Waals surface area contributed by atoms with Gasteiger partial charge in [0.2, 0.25) is 0 Å². The predicted molar refractivity (Wildman–Crippen MR) is 57.4 cm³/mol. The first kappa shape index (κ1) is 13.8. The summed E-state index contributed by atoms with van der Waals surface area (Å²) in [5, 5.41) is 11.0. The number of nitro benzene ring substituents is 1. The summed E-state index contributed by atoms with van der Waals surface area (Å²) in [6.45, 7) is 0.131. The van der Waals surface area contributed by atoms with Gasteiger partial charge in [-0.3, -0.25) is 10.1 Å². The van der Waals surface area contributed by atoms with Gasteiger partial charge in [0.15, 0.2) is 5.75 Å². The molecule has 0 aliphatic carbocycles. The van der Waals surface area contributed by atoms with Crippen LogP contribution in [-0.2, 0) is 6.18 Å². The first-order valence-electron chi connectivity index (χ1n) is 4.40. The van der Waals surface area contributed by atoms with Crippen LogP contribution >= 0.6 is 15.9 Å². The minimum Gasteiger partial charge on any atom is -0.486 e. The lowest BCUT2D eigenvalue weighted by Gasteiger charge is -2.09. The summed E-state index contributed by atoms with van der Waals surface area (Å²) in [6.07, 6.45) is -4.61. The Hall–Kier alpha value is -1.31. The van der Waals surface area contributed by atoms with Gasteiger partial charge in [-0.2, -0.15) is 13.2 Å². The van der Waals surface area contributed by atoms with Crippen LogP contribution in [0.4, 0.5) is 18.9 Å². The molecular formula is C9H7BrF3NO3. The van der Waals surface area contributed by atoms with E-state index in [2.05, 4.69) is 15.9 Å². The largest absolute Gasteiger partial charge is 0.486 e. The summed E-state index contributed by atoms with van der Waals surface area (Å²) in [5.41, 5.74) is -1.77. The van der Waals surface area contributed by atoms with Crippen LogP contribution in [0, 0.1) is 10.1 Å². The Morgan fingerprint density at radius 3 is 2.53 bits per heavy atom. The van der Waals surface area contributed by atoms with Gasteiger partial charge in [0, 0.05) is 11.4 Å². The molecule has 94 valence electrons. The molecule has 0 heterocycles. The van der Waals surface area contributed by atoms with E-state index in [-0.39, 0.29) is 12.4 Å². The van der Waals surface area contributed by atoms with Gasteiger partial charge in [-0.15, -0.1) is 0 Å². The molecular weight excluding hydrogens is 307 g/mol. The van der Waals surface area contributed by atoms with Crippen LogP contribution in [0.15, 0.2) is 18.2 Å². The van der Waals surface area contributed by atoms with E-state index in [0.29, 0.717) is 11.4 Å². The molecule has 0 N–H and O–H groups in total. The smallest absolute Gasteiger partial charge is 0.416 e. The third-order valence-corrected chi connectivity index (χ3v) is 2.14. The summed E-state index contributed by atoms with van der Waals surface area (Å²) in [5.74, 6) is -0.178. The summed E-state index contributed by atoms with van der Waals surface area (Å²) >= 11 is 3.04. The van der Waals surface area contributed by atoms with E-state index in [4.69, 9.17) is 4.74 Å². The molecule has 0 aliphatic rings. The average Bonchev–Trinajstić information content (AvgIpc) is 2.24. The third kappa shape index (κ3) is 3.58. The quantitative estimate of drug-likeness (QED) is 0.486. The van der Waals surface area contributed by atoms with Gasteiger partial charge >= 0.3 is 11.9 Å². The van der Waals surface area contributed by atoms with Crippen LogP contribution < -0.4 is 4.74 Å². The SMILES string of the molecule is O=[N+]([O-])c1cc(C(F)(F)F)ccc1OCCBr. The lowest BCUT2D eigenvalue weighted by atomic mass is 10.2. The number of rotatable bonds is 4. The maximum Gasteiger partial charge on any atom is 0.416 e. The zero-order chi connectivity index (χ0) is 13.1. The van der Waals surface area contributed by atoms with Gasteiger partial charge in [-0.1, -0.05) is 15.9 Å². The van der Waals surface area contributed by atoms with E-state index < -0.39 is 22.4 Å². The monoisotopic (exact) mass is 313 g/mol. The number of hydrogen-bond donors (Lipinski definition) is 0. The number of hydrogen-bond acceptors (Lipinski definition) is 3. The van der Waals surface area contributed by atoms with Crippen molar-refractivity contribution in [2.24, 2.45) is 0 Å². The molecule has 0 aromatic heterocycles. The average molecular weight is 314 g/mol. The fourth-order valence-electron chi connectivity index (χ4n) is 1.11. The molecule has 0 saturated carbocycles. The Bertz CT molecular complexity index is 422. The van der Waals surface area contributed by atoms with Crippen molar-refractivity contribution in [2.75, 3.05) is 11.9 Å². The highest BCUT2D eigenvalue weighted by molar-refractivity contribution is 9.09. The molecule has 0 amide bonds. The Balaban J connectivity index is 3.13. The number of halogens is 4. The topological polar surface area (TPSA) is 52.4 Å². The zero-order valence-corrected chi connectivity index (χ0v) is 9.92. The first-order chi connectivity index (χ1) is 7.86. The van der Waals surface area contributed by atoms with Crippen molar-refractivity contribution in [3.05, 3.63) is 33.9 Å². The van der Waals surface area contributed by atoms with Gasteiger partial charge < -0.3 is 4.74 Å². The summed E-state index contributed by atoms with van der Waals surface area (Å²) < 4.78 is 42.0. The Labute approximate surface area is 103 Å². The number of ether oxygens (including phenoxy) is 1. The van der Waals surface area contributed by atoms with E-state index >= 15 is 0 Å². The molecule has 1 aromatic carbocycles. The molecule has 0 saturated heterocycles. The highest BCUT2D eigenvalue weighted by Gasteiger charge is 2.33. The van der Waals surface area contributed by atoms with Crippen LogP contribution in [0.3, 0.4) is 0 Å². The molecule has 0 bridgehead atoms. The maximum absolute atomic E-state index is 12.3. The van der Waals surface area contributed by atoms with Crippen molar-refractivity contribution in [3.63, 3.8) is 0 Å². The minimum absolute atomic E-state index is 0.131. The molecule has 0 spiro atoms. The van der Waals surface area contributed by atoms with Crippen LogP contribution in [0.5, 0.6) is 5.75 Å². The third-order valence-electron chi connectivity index (χ3n) is 1.82. The molecule has 0 fully saturated rings. The van der Waals surface area contributed by atoms with Crippen molar-refractivity contribution in [1.29, 1.82) is 0 Å². The number of benzene rings is 1. The van der Waals surface area contributed by atoms with Crippen LogP contribution in [0.2, 0.25) is 0 Å². The van der Waals surface area contributed by atoms with Crippen LogP contribution in [-0.4, -0.2) is 16.9 Å². The summed E-state index contributed by atoms with van der Waals surface area (Å²) in [4.78, 5) is 9.71. The molecule has 0 atom stereocenters. The molecule has 1 aromatic rings. The van der Waals surface area contributed by atoms with Gasteiger partial charge in [0.1, 0.15) is 0 Å². The van der Waals surface area contributed by atoms with E-state index in [1.807, 2.05) is 0 Å². The highest BCUT2D eigenvalue weighted by Crippen LogP contribution is 2.35. The van der Waals surface area contributed by atoms with Crippen molar-refractivity contribution < 1.29 is 22.8 Å². The maximum atomic E-state index is 12.3. The number of alkyl halides is 4. The molecule has 1 rings (SSSR count). The Morgan fingerprint density at radius 2 is 2.06 bits per heavy atom. The molecule has 0 aliphatic heterocycles. The predicted octanol–water partition coefficient (Wildman–Crippen LogP) is 3.39. The standard InChI is InChI=1S/C9H7BrF3NO3/c10-3-4-17-8-2-1-6(9(11,12)13)5-7(8)14(15)16/h1-2,5H,3-4H2. The molecule has 0 unspecified atom stereocenters. The fraction of sp³-hybridized carbons (Fsp3) is 0.333. The summed E-state index contributed by atoms with van der Waals surface area (Å²) in [6, 6.07) is 2.16. The molecule has 0 radical (unpaired) electrons. The van der Waals surface area contributed by atoms with Crippen LogP contribution in [0.1, 0.15) is 5.56 Å². The first-order valence-corrected chi connectivity index (χ1v) is 5.53. The van der Waals surface area contributed by atoms with Crippen molar-refractivity contribution in [3.8, 4) is 5.75 Å². The van der Waals surface area contributed by atoms with Gasteiger partial charge in [0.05, 0.1) is 17.1 Å². The minimum atomic E-state index is -4.61. The Morgan fingerprint density at radius 1 is 1.41 bits per heavy atom. The lowest BCUT2D eigenvalue weighted by molar-refractivity contribution is -0.386. The van der Waals surface area contributed by atoms with Gasteiger partial charge in [-0.25, -0.2) is 0 Å². The highest BCUT2D eigenvalue weighted by atomic mass is 79.9. The van der Waals surface area contributed by atoms with Crippen LogP contribution in [0.25, 0.3) is 0 Å². The van der Waals surface area contributed by atoms with Crippen molar-refractivity contribution >= 4 is 21.6 Å². The second-order valence-electron chi connectivity index (χ2n) is 2.97.